The lowest BCUT2D eigenvalue weighted by Gasteiger charge is -2.06. The van der Waals surface area contributed by atoms with Crippen molar-refractivity contribution in [3.05, 3.63) is 29.3 Å². The van der Waals surface area contributed by atoms with E-state index in [-0.39, 0.29) is 5.91 Å². The summed E-state index contributed by atoms with van der Waals surface area (Å²) in [4.78, 5) is 11.7. The van der Waals surface area contributed by atoms with E-state index in [1.807, 2.05) is 25.1 Å². The molecule has 3 heteroatoms. The quantitative estimate of drug-likeness (QED) is 0.797. The molecular weight excluding hydrogens is 224 g/mol. The van der Waals surface area contributed by atoms with E-state index >= 15 is 0 Å². The van der Waals surface area contributed by atoms with Gasteiger partial charge in [-0.3, -0.25) is 4.79 Å². The minimum absolute atomic E-state index is 0.0980. The molecular formula is C15H18N2O. The Balaban J connectivity index is 2.06. The number of carbonyl (C=O) groups is 1. The maximum Gasteiger partial charge on any atom is 0.224 e. The summed E-state index contributed by atoms with van der Waals surface area (Å²) < 4.78 is 0. The lowest BCUT2D eigenvalue weighted by molar-refractivity contribution is -0.116. The highest BCUT2D eigenvalue weighted by molar-refractivity contribution is 5.91. The largest absolute Gasteiger partial charge is 0.326 e. The fraction of sp³-hybridized carbons (Fsp3) is 0.400. The third-order valence-electron chi connectivity index (χ3n) is 2.87. The first-order chi connectivity index (χ1) is 8.67. The molecule has 3 nitrogen and oxygen atoms in total. The van der Waals surface area contributed by atoms with Crippen molar-refractivity contribution < 1.29 is 4.79 Å². The number of anilines is 1. The maximum absolute atomic E-state index is 11.7. The van der Waals surface area contributed by atoms with Gasteiger partial charge in [0.15, 0.2) is 0 Å². The monoisotopic (exact) mass is 242 g/mol. The van der Waals surface area contributed by atoms with Crippen molar-refractivity contribution in [1.82, 2.24) is 0 Å². The van der Waals surface area contributed by atoms with Crippen molar-refractivity contribution in [2.24, 2.45) is 11.7 Å². The van der Waals surface area contributed by atoms with Gasteiger partial charge in [-0.15, -0.1) is 0 Å². The molecule has 94 valence electrons. The molecule has 0 heterocycles. The van der Waals surface area contributed by atoms with Crippen LogP contribution in [0.4, 0.5) is 5.69 Å². The Morgan fingerprint density at radius 2 is 2.22 bits per heavy atom. The molecule has 1 aliphatic carbocycles. The van der Waals surface area contributed by atoms with Crippen LogP contribution in [-0.4, -0.2) is 12.5 Å². The molecule has 0 atom stereocenters. The average molecular weight is 242 g/mol. The maximum atomic E-state index is 11.7. The second-order valence-corrected chi connectivity index (χ2v) is 4.79. The van der Waals surface area contributed by atoms with Crippen LogP contribution in [0, 0.1) is 24.7 Å². The van der Waals surface area contributed by atoms with Crippen LogP contribution in [0.1, 0.15) is 30.4 Å². The number of benzene rings is 1. The van der Waals surface area contributed by atoms with Crippen molar-refractivity contribution in [2.75, 3.05) is 11.9 Å². The lowest BCUT2D eigenvalue weighted by Crippen LogP contribution is -2.12. The Morgan fingerprint density at radius 1 is 1.44 bits per heavy atom. The number of hydrogen-bond acceptors (Lipinski definition) is 2. The van der Waals surface area contributed by atoms with Crippen LogP contribution in [0.3, 0.4) is 0 Å². The minimum atomic E-state index is 0.0980. The fourth-order valence-electron chi connectivity index (χ4n) is 1.88. The van der Waals surface area contributed by atoms with E-state index < -0.39 is 0 Å². The first kappa shape index (κ1) is 12.7. The van der Waals surface area contributed by atoms with Crippen LogP contribution in [0.15, 0.2) is 18.2 Å². The van der Waals surface area contributed by atoms with E-state index in [4.69, 9.17) is 5.73 Å². The van der Waals surface area contributed by atoms with Gasteiger partial charge in [0.05, 0.1) is 6.54 Å². The molecule has 1 aliphatic rings. The van der Waals surface area contributed by atoms with Gasteiger partial charge in [-0.2, -0.15) is 0 Å². The van der Waals surface area contributed by atoms with Crippen molar-refractivity contribution in [2.45, 2.75) is 26.2 Å². The van der Waals surface area contributed by atoms with Gasteiger partial charge in [0.25, 0.3) is 0 Å². The second kappa shape index (κ2) is 5.70. The molecule has 2 rings (SSSR count). The molecule has 0 unspecified atom stereocenters. The Hall–Kier alpha value is -1.79. The zero-order valence-electron chi connectivity index (χ0n) is 10.6. The first-order valence-corrected chi connectivity index (χ1v) is 6.28. The molecule has 0 aliphatic heterocycles. The molecule has 18 heavy (non-hydrogen) atoms. The third-order valence-corrected chi connectivity index (χ3v) is 2.87. The average Bonchev–Trinajstić information content (AvgIpc) is 3.09. The molecule has 1 aromatic carbocycles. The summed E-state index contributed by atoms with van der Waals surface area (Å²) in [6, 6.07) is 5.83. The molecule has 0 saturated heterocycles. The van der Waals surface area contributed by atoms with Gasteiger partial charge in [-0.05, 0) is 49.4 Å². The highest BCUT2D eigenvalue weighted by atomic mass is 16.1. The van der Waals surface area contributed by atoms with Crippen LogP contribution in [0.2, 0.25) is 0 Å². The van der Waals surface area contributed by atoms with Gasteiger partial charge in [0, 0.05) is 17.7 Å². The number of amides is 1. The molecule has 0 radical (unpaired) electrons. The predicted octanol–water partition coefficient (Wildman–Crippen LogP) is 2.04. The second-order valence-electron chi connectivity index (χ2n) is 4.79. The molecule has 1 amide bonds. The summed E-state index contributed by atoms with van der Waals surface area (Å²) in [6.45, 7) is 2.33. The number of rotatable bonds is 3. The highest BCUT2D eigenvalue weighted by Crippen LogP contribution is 2.32. The van der Waals surface area contributed by atoms with Gasteiger partial charge >= 0.3 is 0 Å². The Labute approximate surface area is 108 Å². The van der Waals surface area contributed by atoms with Crippen molar-refractivity contribution in [1.29, 1.82) is 0 Å². The van der Waals surface area contributed by atoms with Gasteiger partial charge in [-0.25, -0.2) is 0 Å². The smallest absolute Gasteiger partial charge is 0.224 e. The molecule has 3 N–H and O–H groups in total. The summed E-state index contributed by atoms with van der Waals surface area (Å²) >= 11 is 0. The van der Waals surface area contributed by atoms with Gasteiger partial charge in [0.2, 0.25) is 5.91 Å². The molecule has 0 bridgehead atoms. The Bertz CT molecular complexity index is 507. The van der Waals surface area contributed by atoms with E-state index in [0.717, 1.165) is 16.8 Å². The number of aryl methyl sites for hydroxylation is 1. The third kappa shape index (κ3) is 3.90. The fourth-order valence-corrected chi connectivity index (χ4v) is 1.88. The summed E-state index contributed by atoms with van der Waals surface area (Å²) in [5, 5.41) is 2.93. The molecule has 1 saturated carbocycles. The van der Waals surface area contributed by atoms with Gasteiger partial charge in [0.1, 0.15) is 0 Å². The van der Waals surface area contributed by atoms with E-state index in [9.17, 15) is 4.79 Å². The lowest BCUT2D eigenvalue weighted by atomic mass is 10.1. The molecule has 0 spiro atoms. The van der Waals surface area contributed by atoms with Crippen molar-refractivity contribution in [3.63, 3.8) is 0 Å². The van der Waals surface area contributed by atoms with Crippen LogP contribution in [0.25, 0.3) is 0 Å². The number of hydrogen-bond donors (Lipinski definition) is 2. The number of carbonyl (C=O) groups excluding carboxylic acids is 1. The van der Waals surface area contributed by atoms with Crippen molar-refractivity contribution in [3.8, 4) is 11.8 Å². The zero-order valence-corrected chi connectivity index (χ0v) is 10.6. The van der Waals surface area contributed by atoms with Crippen molar-refractivity contribution >= 4 is 11.6 Å². The SMILES string of the molecule is Cc1cc(C#CCN)cc(NC(=O)CC2CC2)c1. The first-order valence-electron chi connectivity index (χ1n) is 6.28. The summed E-state index contributed by atoms with van der Waals surface area (Å²) in [6.07, 6.45) is 3.01. The Morgan fingerprint density at radius 3 is 2.89 bits per heavy atom. The Kier molecular flexibility index (Phi) is 4.01. The normalized spacial score (nSPS) is 13.7. The molecule has 1 fully saturated rings. The van der Waals surface area contributed by atoms with E-state index in [1.54, 1.807) is 0 Å². The van der Waals surface area contributed by atoms with E-state index in [2.05, 4.69) is 17.2 Å². The van der Waals surface area contributed by atoms with E-state index in [0.29, 0.717) is 18.9 Å². The van der Waals surface area contributed by atoms with E-state index in [1.165, 1.54) is 12.8 Å². The van der Waals surface area contributed by atoms with Crippen LogP contribution >= 0.6 is 0 Å². The molecule has 1 aromatic rings. The van der Waals surface area contributed by atoms with Crippen LogP contribution in [0.5, 0.6) is 0 Å². The summed E-state index contributed by atoms with van der Waals surface area (Å²) in [7, 11) is 0. The minimum Gasteiger partial charge on any atom is -0.326 e. The van der Waals surface area contributed by atoms with Gasteiger partial charge in [-0.1, -0.05) is 11.8 Å². The highest BCUT2D eigenvalue weighted by Gasteiger charge is 2.24. The summed E-state index contributed by atoms with van der Waals surface area (Å²) in [5.74, 6) is 6.51. The topological polar surface area (TPSA) is 55.1 Å². The number of nitrogens with one attached hydrogen (secondary N) is 1. The van der Waals surface area contributed by atoms with Crippen LogP contribution < -0.4 is 11.1 Å². The predicted molar refractivity (Wildman–Crippen MR) is 73.1 cm³/mol. The standard InChI is InChI=1S/C15H18N2O/c1-11-7-13(3-2-6-16)9-14(8-11)17-15(18)10-12-4-5-12/h7-9,12H,4-6,10,16H2,1H3,(H,17,18). The molecule has 0 aromatic heterocycles. The van der Waals surface area contributed by atoms with Crippen LogP contribution in [-0.2, 0) is 4.79 Å². The van der Waals surface area contributed by atoms with Gasteiger partial charge < -0.3 is 11.1 Å². The summed E-state index contributed by atoms with van der Waals surface area (Å²) in [5.41, 5.74) is 8.15. The number of nitrogens with two attached hydrogens (primary N) is 1. The zero-order chi connectivity index (χ0) is 13.0.